The number of nitrogens with one attached hydrogen (secondary N) is 1. The zero-order valence-electron chi connectivity index (χ0n) is 12.1. The molecule has 1 N–H and O–H groups in total. The van der Waals surface area contributed by atoms with Crippen LogP contribution in [0.3, 0.4) is 0 Å². The third kappa shape index (κ3) is 2.09. The highest BCUT2D eigenvalue weighted by Crippen LogP contribution is 2.68. The second-order valence-corrected chi connectivity index (χ2v) is 6.34. The summed E-state index contributed by atoms with van der Waals surface area (Å²) in [7, 11) is 0. The van der Waals surface area contributed by atoms with Gasteiger partial charge in [0.1, 0.15) is 6.07 Å². The maximum Gasteiger partial charge on any atom is 0.312 e. The summed E-state index contributed by atoms with van der Waals surface area (Å²) in [5.74, 6) is 0.666. The molecule has 0 amide bonds. The number of nitro groups is 1. The van der Waals surface area contributed by atoms with Gasteiger partial charge in [0, 0.05) is 18.8 Å². The lowest BCUT2D eigenvalue weighted by atomic mass is 10.0. The highest BCUT2D eigenvalue weighted by atomic mass is 16.6. The van der Waals surface area contributed by atoms with Crippen molar-refractivity contribution in [3.63, 3.8) is 0 Å². The minimum absolute atomic E-state index is 0.152. The summed E-state index contributed by atoms with van der Waals surface area (Å²) in [6.07, 6.45) is 1.35. The fourth-order valence-corrected chi connectivity index (χ4v) is 2.83. The molecular formula is C14H18N4O2. The maximum absolute atomic E-state index is 11.0. The SMILES string of the molecule is CC1(C)C(CNc2ncc(C#N)cc2[N+](=O)[O-])C1(C)C. The third-order valence-electron chi connectivity index (χ3n) is 4.99. The van der Waals surface area contributed by atoms with E-state index < -0.39 is 4.92 Å². The lowest BCUT2D eigenvalue weighted by Gasteiger charge is -2.07. The predicted molar refractivity (Wildman–Crippen MR) is 75.1 cm³/mol. The van der Waals surface area contributed by atoms with Crippen molar-refractivity contribution in [1.29, 1.82) is 5.26 Å². The Labute approximate surface area is 118 Å². The molecule has 1 aliphatic carbocycles. The Bertz CT molecular complexity index is 588. The van der Waals surface area contributed by atoms with Gasteiger partial charge >= 0.3 is 5.69 Å². The number of hydrogen-bond acceptors (Lipinski definition) is 5. The van der Waals surface area contributed by atoms with Crippen LogP contribution in [0.1, 0.15) is 33.3 Å². The molecule has 0 saturated heterocycles. The number of aromatic nitrogens is 1. The smallest absolute Gasteiger partial charge is 0.312 e. The first-order valence-electron chi connectivity index (χ1n) is 6.50. The second kappa shape index (κ2) is 4.44. The molecule has 20 heavy (non-hydrogen) atoms. The van der Waals surface area contributed by atoms with Crippen LogP contribution in [0, 0.1) is 38.2 Å². The average molecular weight is 274 g/mol. The molecule has 0 unspecified atom stereocenters. The van der Waals surface area contributed by atoms with Crippen LogP contribution in [0.4, 0.5) is 11.5 Å². The molecule has 0 radical (unpaired) electrons. The quantitative estimate of drug-likeness (QED) is 0.673. The molecule has 1 fully saturated rings. The first-order chi connectivity index (χ1) is 9.21. The van der Waals surface area contributed by atoms with Crippen LogP contribution in [0.15, 0.2) is 12.3 Å². The van der Waals surface area contributed by atoms with Crippen LogP contribution in [0.25, 0.3) is 0 Å². The van der Waals surface area contributed by atoms with Crippen molar-refractivity contribution in [2.45, 2.75) is 27.7 Å². The number of nitrogens with zero attached hydrogens (tertiary/aromatic N) is 3. The molecule has 1 aliphatic rings. The molecule has 1 saturated carbocycles. The maximum atomic E-state index is 11.0. The van der Waals surface area contributed by atoms with E-state index in [1.54, 1.807) is 0 Å². The van der Waals surface area contributed by atoms with Gasteiger partial charge in [-0.2, -0.15) is 5.26 Å². The van der Waals surface area contributed by atoms with E-state index in [0.29, 0.717) is 12.5 Å². The van der Waals surface area contributed by atoms with E-state index in [1.807, 2.05) is 6.07 Å². The molecule has 1 heterocycles. The Balaban J connectivity index is 2.15. The van der Waals surface area contributed by atoms with Crippen molar-refractivity contribution < 1.29 is 4.92 Å². The fourth-order valence-electron chi connectivity index (χ4n) is 2.83. The zero-order chi connectivity index (χ0) is 15.1. The van der Waals surface area contributed by atoms with Crippen LogP contribution < -0.4 is 5.32 Å². The summed E-state index contributed by atoms with van der Waals surface area (Å²) in [4.78, 5) is 14.5. The normalized spacial score (nSPS) is 19.1. The van der Waals surface area contributed by atoms with E-state index in [0.717, 1.165) is 0 Å². The largest absolute Gasteiger partial charge is 0.364 e. The molecule has 0 bridgehead atoms. The average Bonchev–Trinajstić information content (AvgIpc) is 2.77. The molecule has 0 aliphatic heterocycles. The van der Waals surface area contributed by atoms with Crippen molar-refractivity contribution in [3.05, 3.63) is 27.9 Å². The lowest BCUT2D eigenvalue weighted by Crippen LogP contribution is -2.11. The number of pyridine rings is 1. The van der Waals surface area contributed by atoms with E-state index in [1.165, 1.54) is 12.3 Å². The van der Waals surface area contributed by atoms with Gasteiger partial charge in [-0.25, -0.2) is 4.98 Å². The summed E-state index contributed by atoms with van der Waals surface area (Å²) in [6, 6.07) is 3.11. The van der Waals surface area contributed by atoms with Crippen LogP contribution >= 0.6 is 0 Å². The van der Waals surface area contributed by atoms with Crippen molar-refractivity contribution in [3.8, 4) is 6.07 Å². The fraction of sp³-hybridized carbons (Fsp3) is 0.571. The predicted octanol–water partition coefficient (Wildman–Crippen LogP) is 2.96. The third-order valence-corrected chi connectivity index (χ3v) is 4.99. The molecule has 2 rings (SSSR count). The van der Waals surface area contributed by atoms with E-state index >= 15 is 0 Å². The summed E-state index contributed by atoms with van der Waals surface area (Å²) >= 11 is 0. The summed E-state index contributed by atoms with van der Waals surface area (Å²) < 4.78 is 0. The number of hydrogen-bond donors (Lipinski definition) is 1. The number of anilines is 1. The molecule has 1 aromatic rings. The van der Waals surface area contributed by atoms with Gasteiger partial charge in [0.05, 0.1) is 10.5 Å². The summed E-state index contributed by atoms with van der Waals surface area (Å²) in [5, 5.41) is 22.8. The van der Waals surface area contributed by atoms with Gasteiger partial charge in [-0.05, 0) is 16.7 Å². The summed E-state index contributed by atoms with van der Waals surface area (Å²) in [5.41, 5.74) is 0.456. The Morgan fingerprint density at radius 3 is 2.50 bits per heavy atom. The second-order valence-electron chi connectivity index (χ2n) is 6.34. The molecule has 0 aromatic carbocycles. The van der Waals surface area contributed by atoms with Crippen molar-refractivity contribution in [2.24, 2.45) is 16.7 Å². The minimum atomic E-state index is -0.515. The van der Waals surface area contributed by atoms with Gasteiger partial charge in [-0.1, -0.05) is 27.7 Å². The molecule has 6 nitrogen and oxygen atoms in total. The Hall–Kier alpha value is -2.16. The highest BCUT2D eigenvalue weighted by Gasteiger charge is 2.64. The van der Waals surface area contributed by atoms with E-state index in [-0.39, 0.29) is 27.9 Å². The first-order valence-corrected chi connectivity index (χ1v) is 6.50. The van der Waals surface area contributed by atoms with Gasteiger partial charge in [0.15, 0.2) is 0 Å². The Morgan fingerprint density at radius 2 is 2.05 bits per heavy atom. The van der Waals surface area contributed by atoms with E-state index in [2.05, 4.69) is 38.0 Å². The van der Waals surface area contributed by atoms with Crippen LogP contribution in [0.2, 0.25) is 0 Å². The molecule has 1 aromatic heterocycles. The molecular weight excluding hydrogens is 256 g/mol. The van der Waals surface area contributed by atoms with Gasteiger partial charge < -0.3 is 5.32 Å². The first kappa shape index (κ1) is 14.3. The summed E-state index contributed by atoms with van der Waals surface area (Å²) in [6.45, 7) is 9.42. The lowest BCUT2D eigenvalue weighted by molar-refractivity contribution is -0.384. The van der Waals surface area contributed by atoms with E-state index in [4.69, 9.17) is 5.26 Å². The topological polar surface area (TPSA) is 91.8 Å². The number of rotatable bonds is 4. The Kier molecular flexibility index (Phi) is 3.17. The van der Waals surface area contributed by atoms with Crippen molar-refractivity contribution >= 4 is 11.5 Å². The van der Waals surface area contributed by atoms with Crippen LogP contribution in [-0.2, 0) is 0 Å². The van der Waals surface area contributed by atoms with Crippen LogP contribution in [0.5, 0.6) is 0 Å². The van der Waals surface area contributed by atoms with Crippen molar-refractivity contribution in [1.82, 2.24) is 4.98 Å². The monoisotopic (exact) mass is 274 g/mol. The standard InChI is InChI=1S/C14H18N4O2/c1-13(2)11(14(13,3)4)8-17-12-10(18(19)20)5-9(6-15)7-16-12/h5,7,11H,8H2,1-4H3,(H,16,17). The van der Waals surface area contributed by atoms with Crippen molar-refractivity contribution in [2.75, 3.05) is 11.9 Å². The van der Waals surface area contributed by atoms with Gasteiger partial charge in [-0.3, -0.25) is 10.1 Å². The van der Waals surface area contributed by atoms with Gasteiger partial charge in [-0.15, -0.1) is 0 Å². The minimum Gasteiger partial charge on any atom is -0.364 e. The Morgan fingerprint density at radius 1 is 1.45 bits per heavy atom. The number of nitriles is 1. The van der Waals surface area contributed by atoms with E-state index in [9.17, 15) is 10.1 Å². The molecule has 0 spiro atoms. The molecule has 0 atom stereocenters. The van der Waals surface area contributed by atoms with Gasteiger partial charge in [0.2, 0.25) is 5.82 Å². The highest BCUT2D eigenvalue weighted by molar-refractivity contribution is 5.58. The van der Waals surface area contributed by atoms with Crippen LogP contribution in [-0.4, -0.2) is 16.5 Å². The zero-order valence-corrected chi connectivity index (χ0v) is 12.1. The molecule has 106 valence electrons. The van der Waals surface area contributed by atoms with Gasteiger partial charge in [0.25, 0.3) is 0 Å². The molecule has 6 heteroatoms.